The number of carbonyl (C=O) groups is 2. The third-order valence-electron chi connectivity index (χ3n) is 6.60. The topological polar surface area (TPSA) is 131 Å². The number of carboxylic acid groups (broad SMARTS) is 1. The Labute approximate surface area is 270 Å². The molecule has 3 aromatic rings. The van der Waals surface area contributed by atoms with Crippen LogP contribution in [0, 0.1) is 0 Å². The standard InChI is InChI=1S/C35H45NO10/c37-33(28-45-29-34(38)39)36-16-17-40-18-19-41-20-21-42-22-23-43-24-25-44-26-27-46-35(30-10-4-1-5-11-30,31-12-6-2-7-13-31)32-14-8-3-9-15-32/h1-15H,16-29H2,(H,36,37)(H,38,39). The van der Waals surface area contributed by atoms with E-state index in [2.05, 4.69) is 46.5 Å². The number of carbonyl (C=O) groups excluding carboxylic acids is 1. The van der Waals surface area contributed by atoms with Gasteiger partial charge in [0.1, 0.15) is 18.8 Å². The molecule has 0 aliphatic carbocycles. The molecule has 0 unspecified atom stereocenters. The molecule has 0 saturated heterocycles. The van der Waals surface area contributed by atoms with Gasteiger partial charge >= 0.3 is 5.97 Å². The summed E-state index contributed by atoms with van der Waals surface area (Å²) in [4.78, 5) is 21.7. The van der Waals surface area contributed by atoms with Gasteiger partial charge in [0, 0.05) is 6.54 Å². The number of benzene rings is 3. The summed E-state index contributed by atoms with van der Waals surface area (Å²) in [6.07, 6.45) is 0. The van der Waals surface area contributed by atoms with E-state index in [4.69, 9.17) is 33.5 Å². The molecule has 1 amide bonds. The Hall–Kier alpha value is -3.68. The van der Waals surface area contributed by atoms with Gasteiger partial charge in [0.2, 0.25) is 5.91 Å². The van der Waals surface area contributed by atoms with Crippen molar-refractivity contribution in [3.63, 3.8) is 0 Å². The second-order valence-electron chi connectivity index (χ2n) is 9.93. The zero-order valence-electron chi connectivity index (χ0n) is 26.2. The molecule has 11 heteroatoms. The van der Waals surface area contributed by atoms with Gasteiger partial charge in [-0.25, -0.2) is 4.79 Å². The number of hydrogen-bond acceptors (Lipinski definition) is 9. The van der Waals surface area contributed by atoms with E-state index >= 15 is 0 Å². The fraction of sp³-hybridized carbons (Fsp3) is 0.429. The third kappa shape index (κ3) is 13.8. The highest BCUT2D eigenvalue weighted by Gasteiger charge is 2.37. The van der Waals surface area contributed by atoms with Crippen molar-refractivity contribution in [2.75, 3.05) is 92.4 Å². The van der Waals surface area contributed by atoms with Crippen molar-refractivity contribution >= 4 is 11.9 Å². The third-order valence-corrected chi connectivity index (χ3v) is 6.60. The highest BCUT2D eigenvalue weighted by Crippen LogP contribution is 2.40. The maximum absolute atomic E-state index is 11.4. The molecule has 0 bridgehead atoms. The van der Waals surface area contributed by atoms with Gasteiger partial charge in [-0.1, -0.05) is 91.0 Å². The smallest absolute Gasteiger partial charge is 0.329 e. The second-order valence-corrected chi connectivity index (χ2v) is 9.93. The fourth-order valence-corrected chi connectivity index (χ4v) is 4.55. The summed E-state index contributed by atoms with van der Waals surface area (Å²) in [5.74, 6) is -1.52. The summed E-state index contributed by atoms with van der Waals surface area (Å²) in [6, 6.07) is 30.8. The van der Waals surface area contributed by atoms with Crippen LogP contribution in [0.1, 0.15) is 16.7 Å². The van der Waals surface area contributed by atoms with E-state index in [0.29, 0.717) is 79.2 Å². The predicted molar refractivity (Wildman–Crippen MR) is 171 cm³/mol. The summed E-state index contributed by atoms with van der Waals surface area (Å²) in [7, 11) is 0. The lowest BCUT2D eigenvalue weighted by Gasteiger charge is -2.36. The molecule has 3 aromatic carbocycles. The molecule has 0 aliphatic rings. The minimum Gasteiger partial charge on any atom is -0.480 e. The summed E-state index contributed by atoms with van der Waals surface area (Å²) in [5, 5.41) is 11.0. The van der Waals surface area contributed by atoms with Crippen molar-refractivity contribution in [2.24, 2.45) is 0 Å². The largest absolute Gasteiger partial charge is 0.480 e. The van der Waals surface area contributed by atoms with Gasteiger partial charge in [0.05, 0.1) is 72.7 Å². The van der Waals surface area contributed by atoms with E-state index < -0.39 is 24.1 Å². The number of amides is 1. The van der Waals surface area contributed by atoms with Crippen LogP contribution in [0.25, 0.3) is 0 Å². The first-order chi connectivity index (χ1) is 22.6. The molecule has 0 spiro atoms. The zero-order valence-corrected chi connectivity index (χ0v) is 26.2. The van der Waals surface area contributed by atoms with Gasteiger partial charge < -0.3 is 43.6 Å². The van der Waals surface area contributed by atoms with Crippen LogP contribution >= 0.6 is 0 Å². The molecule has 250 valence electrons. The Morgan fingerprint density at radius 3 is 1.26 bits per heavy atom. The second kappa shape index (κ2) is 22.8. The Morgan fingerprint density at radius 1 is 0.500 bits per heavy atom. The molecule has 0 aliphatic heterocycles. The molecule has 46 heavy (non-hydrogen) atoms. The molecule has 0 saturated carbocycles. The SMILES string of the molecule is O=C(O)COCC(=O)NCCOCCOCCOCCOCCOCCOC(c1ccccc1)(c1ccccc1)c1ccccc1. The van der Waals surface area contributed by atoms with Gasteiger partial charge in [-0.15, -0.1) is 0 Å². The quantitative estimate of drug-likeness (QED) is 0.0997. The molecular formula is C35H45NO10. The van der Waals surface area contributed by atoms with E-state index in [1.54, 1.807) is 0 Å². The molecule has 2 N–H and O–H groups in total. The lowest BCUT2D eigenvalue weighted by Crippen LogP contribution is -2.34. The van der Waals surface area contributed by atoms with E-state index in [1.165, 1.54) is 0 Å². The van der Waals surface area contributed by atoms with Crippen LogP contribution in [0.3, 0.4) is 0 Å². The van der Waals surface area contributed by atoms with Crippen LogP contribution in [0.4, 0.5) is 0 Å². The van der Waals surface area contributed by atoms with E-state index in [1.807, 2.05) is 54.6 Å². The summed E-state index contributed by atoms with van der Waals surface area (Å²) < 4.78 is 39.1. The molecular weight excluding hydrogens is 594 g/mol. The Bertz CT molecular complexity index is 1120. The lowest BCUT2D eigenvalue weighted by molar-refractivity contribution is -0.143. The summed E-state index contributed by atoms with van der Waals surface area (Å²) in [5.41, 5.74) is 2.39. The zero-order chi connectivity index (χ0) is 32.5. The average Bonchev–Trinajstić information content (AvgIpc) is 3.08. The number of carboxylic acids is 1. The molecule has 0 fully saturated rings. The Kier molecular flexibility index (Phi) is 18.2. The highest BCUT2D eigenvalue weighted by atomic mass is 16.6. The molecule has 3 rings (SSSR count). The highest BCUT2D eigenvalue weighted by molar-refractivity contribution is 5.77. The summed E-state index contributed by atoms with van der Waals surface area (Å²) >= 11 is 0. The van der Waals surface area contributed by atoms with Crippen molar-refractivity contribution in [1.29, 1.82) is 0 Å². The minimum absolute atomic E-state index is 0.300. The van der Waals surface area contributed by atoms with Crippen molar-refractivity contribution in [1.82, 2.24) is 5.32 Å². The normalized spacial score (nSPS) is 11.4. The van der Waals surface area contributed by atoms with Crippen molar-refractivity contribution in [3.8, 4) is 0 Å². The van der Waals surface area contributed by atoms with Crippen LogP contribution in [-0.4, -0.2) is 109 Å². The lowest BCUT2D eigenvalue weighted by atomic mass is 9.80. The Morgan fingerprint density at radius 2 is 0.870 bits per heavy atom. The number of nitrogens with one attached hydrogen (secondary N) is 1. The van der Waals surface area contributed by atoms with Gasteiger partial charge in [-0.05, 0) is 16.7 Å². The van der Waals surface area contributed by atoms with Gasteiger partial charge in [-0.3, -0.25) is 4.79 Å². The number of rotatable bonds is 26. The molecule has 0 heterocycles. The van der Waals surface area contributed by atoms with Crippen molar-refractivity contribution in [3.05, 3.63) is 108 Å². The van der Waals surface area contributed by atoms with Crippen LogP contribution in [0.15, 0.2) is 91.0 Å². The van der Waals surface area contributed by atoms with Crippen LogP contribution in [0.5, 0.6) is 0 Å². The van der Waals surface area contributed by atoms with Crippen LogP contribution in [0.2, 0.25) is 0 Å². The fourth-order valence-electron chi connectivity index (χ4n) is 4.55. The molecule has 0 aromatic heterocycles. The first kappa shape index (κ1) is 36.8. The van der Waals surface area contributed by atoms with Gasteiger partial charge in [0.15, 0.2) is 0 Å². The maximum atomic E-state index is 11.4. The summed E-state index contributed by atoms with van der Waals surface area (Å²) in [6.45, 7) is 4.09. The number of ether oxygens (including phenoxy) is 7. The maximum Gasteiger partial charge on any atom is 0.329 e. The van der Waals surface area contributed by atoms with Gasteiger partial charge in [-0.2, -0.15) is 0 Å². The van der Waals surface area contributed by atoms with Crippen LogP contribution < -0.4 is 5.32 Å². The molecule has 0 atom stereocenters. The first-order valence-electron chi connectivity index (χ1n) is 15.4. The molecule has 11 nitrogen and oxygen atoms in total. The predicted octanol–water partition coefficient (Wildman–Crippen LogP) is 3.30. The van der Waals surface area contributed by atoms with Crippen molar-refractivity contribution < 1.29 is 47.9 Å². The van der Waals surface area contributed by atoms with Gasteiger partial charge in [0.25, 0.3) is 0 Å². The number of aliphatic carboxylic acids is 1. The van der Waals surface area contributed by atoms with Crippen LogP contribution in [-0.2, 0) is 48.3 Å². The van der Waals surface area contributed by atoms with E-state index in [9.17, 15) is 9.59 Å². The average molecular weight is 640 g/mol. The first-order valence-corrected chi connectivity index (χ1v) is 15.4. The van der Waals surface area contributed by atoms with E-state index in [0.717, 1.165) is 16.7 Å². The van der Waals surface area contributed by atoms with Crippen molar-refractivity contribution in [2.45, 2.75) is 5.60 Å². The molecule has 0 radical (unpaired) electrons. The minimum atomic E-state index is -1.12. The monoisotopic (exact) mass is 639 g/mol. The van der Waals surface area contributed by atoms with E-state index in [-0.39, 0.29) is 6.61 Å². The Balaban J connectivity index is 1.20. The number of hydrogen-bond donors (Lipinski definition) is 2.